The summed E-state index contributed by atoms with van der Waals surface area (Å²) in [7, 11) is 0. The minimum Gasteiger partial charge on any atom is -0.467 e. The summed E-state index contributed by atoms with van der Waals surface area (Å²) in [6.07, 6.45) is 6.38. The first kappa shape index (κ1) is 18.0. The molecule has 0 aromatic carbocycles. The van der Waals surface area contributed by atoms with Crippen LogP contribution >= 0.6 is 11.8 Å². The average Bonchev–Trinajstić information content (AvgIpc) is 3.25. The molecule has 1 amide bonds. The minimum absolute atomic E-state index is 0.273. The quantitative estimate of drug-likeness (QED) is 0.685. The Bertz CT molecular complexity index is 665. The van der Waals surface area contributed by atoms with E-state index in [0.29, 0.717) is 13.0 Å². The Balaban J connectivity index is 1.63. The van der Waals surface area contributed by atoms with Crippen LogP contribution in [0.15, 0.2) is 28.0 Å². The molecule has 1 aliphatic heterocycles. The van der Waals surface area contributed by atoms with Gasteiger partial charge >= 0.3 is 0 Å². The summed E-state index contributed by atoms with van der Waals surface area (Å²) in [6.45, 7) is 4.03. The van der Waals surface area contributed by atoms with Gasteiger partial charge in [-0.15, -0.1) is 10.2 Å². The van der Waals surface area contributed by atoms with Gasteiger partial charge in [0.25, 0.3) is 0 Å². The maximum Gasteiger partial charge on any atom is 0.217 e. The highest BCUT2D eigenvalue weighted by atomic mass is 32.2. The highest BCUT2D eigenvalue weighted by Gasteiger charge is 2.16. The molecule has 25 heavy (non-hydrogen) atoms. The third kappa shape index (κ3) is 5.34. The van der Waals surface area contributed by atoms with E-state index < -0.39 is 0 Å². The summed E-state index contributed by atoms with van der Waals surface area (Å²) >= 11 is 1.71. The average molecular weight is 363 g/mol. The van der Waals surface area contributed by atoms with E-state index in [2.05, 4.69) is 15.1 Å². The number of furan rings is 1. The summed E-state index contributed by atoms with van der Waals surface area (Å²) in [5, 5.41) is 9.45. The molecule has 0 saturated carbocycles. The van der Waals surface area contributed by atoms with Gasteiger partial charge in [0.05, 0.1) is 12.8 Å². The number of amides is 1. The van der Waals surface area contributed by atoms with E-state index in [-0.39, 0.29) is 12.3 Å². The molecule has 2 aromatic heterocycles. The van der Waals surface area contributed by atoms with Crippen molar-refractivity contribution in [3.05, 3.63) is 30.0 Å². The SMILES string of the molecule is NC(=O)CCc1nnc(SCCN2CCCCC2)n1Cc1ccco1. The Morgan fingerprint density at radius 3 is 2.84 bits per heavy atom. The standard InChI is InChI=1S/C17H25N5O2S/c18-15(23)6-7-16-19-20-17(22(16)13-14-5-4-11-24-14)25-12-10-21-8-2-1-3-9-21/h4-5,11H,1-3,6-10,12-13H2,(H2,18,23). The number of thioether (sulfide) groups is 1. The number of rotatable bonds is 9. The fourth-order valence-corrected chi connectivity index (χ4v) is 3.97. The van der Waals surface area contributed by atoms with Crippen molar-refractivity contribution in [2.24, 2.45) is 5.73 Å². The second-order valence-electron chi connectivity index (χ2n) is 6.28. The highest BCUT2D eigenvalue weighted by molar-refractivity contribution is 7.99. The van der Waals surface area contributed by atoms with Crippen molar-refractivity contribution >= 4 is 17.7 Å². The number of nitrogens with two attached hydrogens (primary N) is 1. The second kappa shape index (κ2) is 9.05. The first-order valence-electron chi connectivity index (χ1n) is 8.80. The molecule has 3 rings (SSSR count). The third-order valence-electron chi connectivity index (χ3n) is 4.37. The van der Waals surface area contributed by atoms with Gasteiger partial charge in [0.2, 0.25) is 5.91 Å². The van der Waals surface area contributed by atoms with Crippen molar-refractivity contribution in [1.82, 2.24) is 19.7 Å². The van der Waals surface area contributed by atoms with E-state index in [0.717, 1.165) is 29.0 Å². The zero-order chi connectivity index (χ0) is 17.5. The number of carbonyl (C=O) groups is 1. The van der Waals surface area contributed by atoms with Crippen LogP contribution in [-0.4, -0.2) is 51.0 Å². The minimum atomic E-state index is -0.327. The molecule has 1 fully saturated rings. The molecule has 0 bridgehead atoms. The van der Waals surface area contributed by atoms with Crippen LogP contribution in [0.1, 0.15) is 37.3 Å². The van der Waals surface area contributed by atoms with Gasteiger partial charge in [-0.2, -0.15) is 0 Å². The van der Waals surface area contributed by atoms with Crippen LogP contribution in [0, 0.1) is 0 Å². The monoisotopic (exact) mass is 363 g/mol. The van der Waals surface area contributed by atoms with Crippen molar-refractivity contribution in [2.45, 2.75) is 43.8 Å². The lowest BCUT2D eigenvalue weighted by Crippen LogP contribution is -2.31. The first-order chi connectivity index (χ1) is 12.2. The number of aryl methyl sites for hydroxylation is 1. The van der Waals surface area contributed by atoms with E-state index in [4.69, 9.17) is 10.2 Å². The Morgan fingerprint density at radius 1 is 1.28 bits per heavy atom. The van der Waals surface area contributed by atoms with Gasteiger partial charge in [0.1, 0.15) is 11.6 Å². The molecule has 8 heteroatoms. The third-order valence-corrected chi connectivity index (χ3v) is 5.32. The van der Waals surface area contributed by atoms with Gasteiger partial charge < -0.3 is 15.1 Å². The van der Waals surface area contributed by atoms with Crippen molar-refractivity contribution in [3.63, 3.8) is 0 Å². The molecule has 0 aliphatic carbocycles. The van der Waals surface area contributed by atoms with Gasteiger partial charge in [0.15, 0.2) is 5.16 Å². The molecule has 136 valence electrons. The van der Waals surface area contributed by atoms with Crippen molar-refractivity contribution < 1.29 is 9.21 Å². The fourth-order valence-electron chi connectivity index (χ4n) is 3.01. The molecule has 1 aliphatic rings. The van der Waals surface area contributed by atoms with E-state index >= 15 is 0 Å². The Hall–Kier alpha value is -1.80. The molecular formula is C17H25N5O2S. The molecule has 2 N–H and O–H groups in total. The number of piperidine rings is 1. The zero-order valence-electron chi connectivity index (χ0n) is 14.4. The molecular weight excluding hydrogens is 338 g/mol. The number of aromatic nitrogens is 3. The molecule has 3 heterocycles. The highest BCUT2D eigenvalue weighted by Crippen LogP contribution is 2.20. The number of hydrogen-bond donors (Lipinski definition) is 1. The van der Waals surface area contributed by atoms with Crippen molar-refractivity contribution in [1.29, 1.82) is 0 Å². The van der Waals surface area contributed by atoms with E-state index in [1.807, 2.05) is 16.7 Å². The van der Waals surface area contributed by atoms with Crippen LogP contribution in [0.2, 0.25) is 0 Å². The van der Waals surface area contributed by atoms with Crippen LogP contribution in [-0.2, 0) is 17.8 Å². The molecule has 0 unspecified atom stereocenters. The summed E-state index contributed by atoms with van der Waals surface area (Å²) in [6, 6.07) is 3.80. The Kier molecular flexibility index (Phi) is 6.52. The topological polar surface area (TPSA) is 90.2 Å². The summed E-state index contributed by atoms with van der Waals surface area (Å²) in [5.74, 6) is 2.27. The normalized spacial score (nSPS) is 15.5. The predicted octanol–water partition coefficient (Wildman–Crippen LogP) is 1.92. The van der Waals surface area contributed by atoms with Crippen LogP contribution < -0.4 is 5.73 Å². The van der Waals surface area contributed by atoms with Gasteiger partial charge in [0, 0.05) is 25.1 Å². The molecule has 7 nitrogen and oxygen atoms in total. The van der Waals surface area contributed by atoms with Crippen LogP contribution in [0.25, 0.3) is 0 Å². The summed E-state index contributed by atoms with van der Waals surface area (Å²) < 4.78 is 7.49. The molecule has 0 radical (unpaired) electrons. The number of nitrogens with zero attached hydrogens (tertiary/aromatic N) is 4. The molecule has 1 saturated heterocycles. The van der Waals surface area contributed by atoms with Gasteiger partial charge in [-0.05, 0) is 38.1 Å². The molecule has 0 atom stereocenters. The van der Waals surface area contributed by atoms with Gasteiger partial charge in [-0.3, -0.25) is 9.36 Å². The molecule has 0 spiro atoms. The zero-order valence-corrected chi connectivity index (χ0v) is 15.2. The number of primary amides is 1. The largest absolute Gasteiger partial charge is 0.467 e. The lowest BCUT2D eigenvalue weighted by Gasteiger charge is -2.25. The predicted molar refractivity (Wildman–Crippen MR) is 96.4 cm³/mol. The van der Waals surface area contributed by atoms with E-state index in [9.17, 15) is 4.79 Å². The molecule has 2 aromatic rings. The number of carbonyl (C=O) groups excluding carboxylic acids is 1. The van der Waals surface area contributed by atoms with Crippen LogP contribution in [0.4, 0.5) is 0 Å². The van der Waals surface area contributed by atoms with Crippen molar-refractivity contribution in [3.8, 4) is 0 Å². The van der Waals surface area contributed by atoms with Crippen LogP contribution in [0.5, 0.6) is 0 Å². The second-order valence-corrected chi connectivity index (χ2v) is 7.34. The Labute approximate surface area is 152 Å². The summed E-state index contributed by atoms with van der Waals surface area (Å²) in [5.41, 5.74) is 5.27. The fraction of sp³-hybridized carbons (Fsp3) is 0.588. The van der Waals surface area contributed by atoms with Gasteiger partial charge in [-0.1, -0.05) is 18.2 Å². The van der Waals surface area contributed by atoms with Gasteiger partial charge in [-0.25, -0.2) is 0 Å². The maximum atomic E-state index is 11.1. The lowest BCUT2D eigenvalue weighted by molar-refractivity contribution is -0.118. The maximum absolute atomic E-state index is 11.1. The smallest absolute Gasteiger partial charge is 0.217 e. The summed E-state index contributed by atoms with van der Waals surface area (Å²) in [4.78, 5) is 13.6. The lowest BCUT2D eigenvalue weighted by atomic mass is 10.1. The van der Waals surface area contributed by atoms with E-state index in [1.165, 1.54) is 32.4 Å². The van der Waals surface area contributed by atoms with E-state index in [1.54, 1.807) is 18.0 Å². The number of likely N-dealkylation sites (tertiary alicyclic amines) is 1. The van der Waals surface area contributed by atoms with Crippen molar-refractivity contribution in [2.75, 3.05) is 25.4 Å². The Morgan fingerprint density at radius 2 is 2.12 bits per heavy atom. The number of hydrogen-bond acceptors (Lipinski definition) is 6. The first-order valence-corrected chi connectivity index (χ1v) is 9.79. The van der Waals surface area contributed by atoms with Crippen LogP contribution in [0.3, 0.4) is 0 Å².